The van der Waals surface area contributed by atoms with E-state index in [1.54, 1.807) is 13.0 Å². The summed E-state index contributed by atoms with van der Waals surface area (Å²) in [4.78, 5) is 12.2. The topological polar surface area (TPSA) is 61.5 Å². The Bertz CT molecular complexity index is 395. The van der Waals surface area contributed by atoms with Crippen LogP contribution in [0.4, 0.5) is 5.69 Å². The van der Waals surface area contributed by atoms with E-state index in [0.717, 1.165) is 10.6 Å². The molecule has 94 valence electrons. The van der Waals surface area contributed by atoms with Crippen LogP contribution in [-0.4, -0.2) is 24.9 Å². The maximum Gasteiger partial charge on any atom is 0.318 e. The molecule has 0 aromatic heterocycles. The van der Waals surface area contributed by atoms with Gasteiger partial charge in [0.15, 0.2) is 0 Å². The largest absolute Gasteiger partial charge is 0.494 e. The van der Waals surface area contributed by atoms with Crippen molar-refractivity contribution >= 4 is 23.4 Å². The Morgan fingerprint density at radius 2 is 2.24 bits per heavy atom. The lowest BCUT2D eigenvalue weighted by atomic mass is 10.3. The van der Waals surface area contributed by atoms with Gasteiger partial charge >= 0.3 is 5.97 Å². The van der Waals surface area contributed by atoms with Gasteiger partial charge < -0.3 is 15.2 Å². The fourth-order valence-corrected chi connectivity index (χ4v) is 2.24. The quantitative estimate of drug-likeness (QED) is 0.497. The van der Waals surface area contributed by atoms with E-state index in [1.165, 1.54) is 18.9 Å². The minimum absolute atomic E-state index is 0.267. The number of hydrogen-bond acceptors (Lipinski definition) is 5. The molecule has 0 fully saturated rings. The maximum absolute atomic E-state index is 11.3. The van der Waals surface area contributed by atoms with E-state index in [9.17, 15) is 4.79 Å². The van der Waals surface area contributed by atoms with Crippen molar-refractivity contribution in [3.05, 3.63) is 18.2 Å². The van der Waals surface area contributed by atoms with Crippen molar-refractivity contribution in [3.63, 3.8) is 0 Å². The van der Waals surface area contributed by atoms with Crippen LogP contribution in [-0.2, 0) is 9.53 Å². The number of anilines is 1. The molecule has 4 nitrogen and oxygen atoms in total. The zero-order chi connectivity index (χ0) is 12.8. The Balaban J connectivity index is 2.82. The predicted molar refractivity (Wildman–Crippen MR) is 69.4 cm³/mol. The summed E-state index contributed by atoms with van der Waals surface area (Å²) in [5, 5.41) is -0.292. The first-order chi connectivity index (χ1) is 8.08. The molecule has 0 heterocycles. The molecule has 0 aliphatic carbocycles. The number of carbonyl (C=O) groups excluding carboxylic acids is 1. The summed E-state index contributed by atoms with van der Waals surface area (Å²) in [5.74, 6) is 0.484. The number of nitrogens with two attached hydrogens (primary N) is 1. The number of methoxy groups -OCH3 is 1. The lowest BCUT2D eigenvalue weighted by Crippen LogP contribution is -2.14. The lowest BCUT2D eigenvalue weighted by Gasteiger charge is -2.12. The van der Waals surface area contributed by atoms with E-state index in [-0.39, 0.29) is 11.2 Å². The van der Waals surface area contributed by atoms with Crippen LogP contribution in [0.1, 0.15) is 13.8 Å². The Morgan fingerprint density at radius 3 is 2.82 bits per heavy atom. The first-order valence-electron chi connectivity index (χ1n) is 5.35. The lowest BCUT2D eigenvalue weighted by molar-refractivity contribution is -0.139. The van der Waals surface area contributed by atoms with E-state index in [4.69, 9.17) is 10.5 Å². The highest BCUT2D eigenvalue weighted by atomic mass is 32.2. The number of rotatable bonds is 5. The Morgan fingerprint density at radius 1 is 1.53 bits per heavy atom. The average molecular weight is 255 g/mol. The minimum atomic E-state index is -0.292. The highest BCUT2D eigenvalue weighted by molar-refractivity contribution is 8.00. The summed E-state index contributed by atoms with van der Waals surface area (Å²) in [6, 6.07) is 5.42. The van der Waals surface area contributed by atoms with Crippen molar-refractivity contribution in [1.29, 1.82) is 0 Å². The van der Waals surface area contributed by atoms with Crippen LogP contribution >= 0.6 is 11.8 Å². The molecule has 0 aliphatic rings. The molecule has 0 saturated heterocycles. The molecular formula is C12H17NO3S. The van der Waals surface area contributed by atoms with Crippen LogP contribution in [0.15, 0.2) is 23.1 Å². The molecular weight excluding hydrogens is 238 g/mol. The van der Waals surface area contributed by atoms with Crippen LogP contribution < -0.4 is 10.5 Å². The monoisotopic (exact) mass is 255 g/mol. The Labute approximate surface area is 105 Å². The molecule has 1 atom stereocenters. The van der Waals surface area contributed by atoms with Crippen LogP contribution in [0.25, 0.3) is 0 Å². The number of esters is 1. The molecule has 1 aromatic carbocycles. The SMILES string of the molecule is CCOc1ccc(N)c(SC(C)C(=O)OC)c1. The number of ether oxygens (including phenoxy) is 2. The van der Waals surface area contributed by atoms with E-state index in [2.05, 4.69) is 4.74 Å². The molecule has 5 heteroatoms. The third kappa shape index (κ3) is 3.85. The van der Waals surface area contributed by atoms with Crippen molar-refractivity contribution < 1.29 is 14.3 Å². The number of carbonyl (C=O) groups is 1. The van der Waals surface area contributed by atoms with Gasteiger partial charge in [0.25, 0.3) is 0 Å². The third-order valence-electron chi connectivity index (χ3n) is 2.13. The second-order valence-corrected chi connectivity index (χ2v) is 4.80. The second kappa shape index (κ2) is 6.39. The molecule has 0 saturated carbocycles. The van der Waals surface area contributed by atoms with Crippen molar-refractivity contribution in [2.24, 2.45) is 0 Å². The maximum atomic E-state index is 11.3. The van der Waals surface area contributed by atoms with Gasteiger partial charge in [0.2, 0.25) is 0 Å². The van der Waals surface area contributed by atoms with Gasteiger partial charge in [0.1, 0.15) is 11.0 Å². The van der Waals surface area contributed by atoms with E-state index < -0.39 is 0 Å². The van der Waals surface area contributed by atoms with Crippen molar-refractivity contribution in [2.75, 3.05) is 19.5 Å². The molecule has 0 spiro atoms. The smallest absolute Gasteiger partial charge is 0.318 e. The fourth-order valence-electron chi connectivity index (χ4n) is 1.28. The van der Waals surface area contributed by atoms with Gasteiger partial charge in [-0.1, -0.05) is 0 Å². The summed E-state index contributed by atoms with van der Waals surface area (Å²) in [5.41, 5.74) is 6.48. The van der Waals surface area contributed by atoms with Gasteiger partial charge in [-0.2, -0.15) is 0 Å². The van der Waals surface area contributed by atoms with Gasteiger partial charge in [-0.15, -0.1) is 11.8 Å². The summed E-state index contributed by atoms with van der Waals surface area (Å²) in [6.07, 6.45) is 0. The third-order valence-corrected chi connectivity index (χ3v) is 3.29. The zero-order valence-electron chi connectivity index (χ0n) is 10.2. The molecule has 1 unspecified atom stereocenters. The average Bonchev–Trinajstić information content (AvgIpc) is 2.32. The van der Waals surface area contributed by atoms with Gasteiger partial charge in [-0.25, -0.2) is 0 Å². The minimum Gasteiger partial charge on any atom is -0.494 e. The molecule has 0 radical (unpaired) electrons. The first-order valence-corrected chi connectivity index (χ1v) is 6.23. The highest BCUT2D eigenvalue weighted by Crippen LogP contribution is 2.32. The van der Waals surface area contributed by atoms with Gasteiger partial charge in [0, 0.05) is 10.6 Å². The standard InChI is InChI=1S/C12H17NO3S/c1-4-16-9-5-6-10(13)11(7-9)17-8(2)12(14)15-3/h5-8H,4,13H2,1-3H3. The van der Waals surface area contributed by atoms with Gasteiger partial charge in [-0.05, 0) is 32.0 Å². The zero-order valence-corrected chi connectivity index (χ0v) is 11.0. The Hall–Kier alpha value is -1.36. The van der Waals surface area contributed by atoms with Crippen LogP contribution in [0.3, 0.4) is 0 Å². The van der Waals surface area contributed by atoms with Crippen LogP contribution in [0.5, 0.6) is 5.75 Å². The highest BCUT2D eigenvalue weighted by Gasteiger charge is 2.16. The van der Waals surface area contributed by atoms with E-state index >= 15 is 0 Å². The van der Waals surface area contributed by atoms with Crippen LogP contribution in [0, 0.1) is 0 Å². The molecule has 2 N–H and O–H groups in total. The fraction of sp³-hybridized carbons (Fsp3) is 0.417. The molecule has 1 rings (SSSR count). The molecule has 0 aliphatic heterocycles. The Kier molecular flexibility index (Phi) is 5.15. The molecule has 0 amide bonds. The molecule has 17 heavy (non-hydrogen) atoms. The second-order valence-electron chi connectivity index (χ2n) is 3.42. The van der Waals surface area contributed by atoms with Crippen molar-refractivity contribution in [2.45, 2.75) is 24.0 Å². The van der Waals surface area contributed by atoms with Gasteiger partial charge in [-0.3, -0.25) is 4.79 Å². The predicted octanol–water partition coefficient (Wildman–Crippen LogP) is 2.32. The summed E-state index contributed by atoms with van der Waals surface area (Å²) in [6.45, 7) is 4.30. The van der Waals surface area contributed by atoms with Crippen LogP contribution in [0.2, 0.25) is 0 Å². The number of thioether (sulfide) groups is 1. The summed E-state index contributed by atoms with van der Waals surface area (Å²) in [7, 11) is 1.37. The number of nitrogen functional groups attached to an aromatic ring is 1. The molecule has 1 aromatic rings. The number of hydrogen-bond donors (Lipinski definition) is 1. The molecule has 0 bridgehead atoms. The number of benzene rings is 1. The van der Waals surface area contributed by atoms with Gasteiger partial charge in [0.05, 0.1) is 13.7 Å². The van der Waals surface area contributed by atoms with E-state index in [0.29, 0.717) is 12.3 Å². The summed E-state index contributed by atoms with van der Waals surface area (Å²) >= 11 is 1.36. The van der Waals surface area contributed by atoms with Crippen molar-refractivity contribution in [1.82, 2.24) is 0 Å². The first kappa shape index (κ1) is 13.7. The van der Waals surface area contributed by atoms with E-state index in [1.807, 2.05) is 19.1 Å². The summed E-state index contributed by atoms with van der Waals surface area (Å²) < 4.78 is 10.1. The van der Waals surface area contributed by atoms with Crippen molar-refractivity contribution in [3.8, 4) is 5.75 Å². The normalized spacial score (nSPS) is 11.9.